The molecule has 16 heavy (non-hydrogen) atoms. The number of anilines is 2. The summed E-state index contributed by atoms with van der Waals surface area (Å²) in [7, 11) is 0. The van der Waals surface area contributed by atoms with Crippen LogP contribution >= 0.6 is 0 Å². The largest absolute Gasteiger partial charge is 0.462 e. The topological polar surface area (TPSA) is 98.6 Å². The molecule has 0 saturated heterocycles. The van der Waals surface area contributed by atoms with Gasteiger partial charge in [-0.25, -0.2) is 4.79 Å². The maximum absolute atomic E-state index is 11.5. The highest BCUT2D eigenvalue weighted by molar-refractivity contribution is 5.91. The lowest BCUT2D eigenvalue weighted by molar-refractivity contribution is 0.0492. The molecule has 0 radical (unpaired) electrons. The van der Waals surface area contributed by atoms with Crippen LogP contribution in [0, 0.1) is 0 Å². The lowest BCUT2D eigenvalue weighted by atomic mass is 10.2. The minimum atomic E-state index is -0.447. The van der Waals surface area contributed by atoms with Crippen molar-refractivity contribution in [3.8, 4) is 0 Å². The number of nitrogens with two attached hydrogens (primary N) is 2. The molecule has 0 unspecified atom stereocenters. The Bertz CT molecular complexity index is 346. The number of benzene rings is 1. The third-order valence-electron chi connectivity index (χ3n) is 2.00. The first-order chi connectivity index (χ1) is 7.63. The van der Waals surface area contributed by atoms with Crippen LogP contribution in [0.3, 0.4) is 0 Å². The third kappa shape index (κ3) is 3.78. The Kier molecular flexibility index (Phi) is 4.60. The highest BCUT2D eigenvalue weighted by atomic mass is 16.5. The summed E-state index contributed by atoms with van der Waals surface area (Å²) in [6.07, 6.45) is 1.26. The Hall–Kier alpha value is -1.75. The summed E-state index contributed by atoms with van der Waals surface area (Å²) in [6, 6.07) is 4.61. The third-order valence-corrected chi connectivity index (χ3v) is 2.00. The van der Waals surface area contributed by atoms with E-state index in [-0.39, 0.29) is 13.2 Å². The van der Waals surface area contributed by atoms with Gasteiger partial charge in [-0.2, -0.15) is 0 Å². The molecule has 5 heteroatoms. The van der Waals surface area contributed by atoms with Crippen LogP contribution < -0.4 is 11.5 Å². The Morgan fingerprint density at radius 1 is 1.19 bits per heavy atom. The predicted molar refractivity (Wildman–Crippen MR) is 61.9 cm³/mol. The number of ether oxygens (including phenoxy) is 1. The number of hydrogen-bond donors (Lipinski definition) is 3. The number of nitrogen functional groups attached to an aromatic ring is 2. The van der Waals surface area contributed by atoms with Crippen molar-refractivity contribution in [3.63, 3.8) is 0 Å². The first-order valence-electron chi connectivity index (χ1n) is 5.07. The number of unbranched alkanes of at least 4 members (excludes halogenated alkanes) is 1. The molecular formula is C11H16N2O3. The zero-order valence-corrected chi connectivity index (χ0v) is 8.98. The number of hydrogen-bond acceptors (Lipinski definition) is 5. The van der Waals surface area contributed by atoms with Gasteiger partial charge in [0.2, 0.25) is 0 Å². The van der Waals surface area contributed by atoms with Gasteiger partial charge in [0, 0.05) is 18.0 Å². The van der Waals surface area contributed by atoms with Crippen molar-refractivity contribution >= 4 is 17.3 Å². The lowest BCUT2D eigenvalue weighted by Gasteiger charge is -2.05. The molecule has 0 saturated carbocycles. The van der Waals surface area contributed by atoms with Crippen molar-refractivity contribution in [1.29, 1.82) is 0 Å². The molecule has 0 aliphatic heterocycles. The van der Waals surface area contributed by atoms with Gasteiger partial charge >= 0.3 is 5.97 Å². The van der Waals surface area contributed by atoms with Gasteiger partial charge in [0.25, 0.3) is 0 Å². The van der Waals surface area contributed by atoms with Gasteiger partial charge in [-0.15, -0.1) is 0 Å². The van der Waals surface area contributed by atoms with E-state index >= 15 is 0 Å². The minimum absolute atomic E-state index is 0.1000. The van der Waals surface area contributed by atoms with Crippen molar-refractivity contribution < 1.29 is 14.6 Å². The maximum atomic E-state index is 11.5. The molecule has 5 N–H and O–H groups in total. The molecule has 1 rings (SSSR count). The molecule has 0 atom stereocenters. The van der Waals surface area contributed by atoms with Crippen LogP contribution in [0.15, 0.2) is 18.2 Å². The second-order valence-electron chi connectivity index (χ2n) is 3.45. The zero-order valence-electron chi connectivity index (χ0n) is 8.98. The molecule has 88 valence electrons. The molecule has 0 aromatic heterocycles. The number of esters is 1. The van der Waals surface area contributed by atoms with Crippen LogP contribution in [0.4, 0.5) is 11.4 Å². The van der Waals surface area contributed by atoms with Crippen LogP contribution in [-0.2, 0) is 4.74 Å². The van der Waals surface area contributed by atoms with Crippen molar-refractivity contribution in [2.75, 3.05) is 24.7 Å². The zero-order chi connectivity index (χ0) is 12.0. The molecular weight excluding hydrogens is 208 g/mol. The van der Waals surface area contributed by atoms with E-state index in [2.05, 4.69) is 0 Å². The van der Waals surface area contributed by atoms with E-state index in [1.54, 1.807) is 6.07 Å². The quantitative estimate of drug-likeness (QED) is 0.390. The van der Waals surface area contributed by atoms with Crippen molar-refractivity contribution in [1.82, 2.24) is 0 Å². The molecule has 0 heterocycles. The average molecular weight is 224 g/mol. The van der Waals surface area contributed by atoms with Gasteiger partial charge in [0.05, 0.1) is 12.2 Å². The lowest BCUT2D eigenvalue weighted by Crippen LogP contribution is -2.08. The summed E-state index contributed by atoms with van der Waals surface area (Å²) in [5, 5.41) is 8.55. The fourth-order valence-electron chi connectivity index (χ4n) is 1.26. The maximum Gasteiger partial charge on any atom is 0.338 e. The van der Waals surface area contributed by atoms with Gasteiger partial charge in [-0.1, -0.05) is 0 Å². The molecule has 1 aromatic rings. The van der Waals surface area contributed by atoms with E-state index in [0.29, 0.717) is 29.8 Å². The molecule has 0 aliphatic carbocycles. The van der Waals surface area contributed by atoms with Crippen molar-refractivity contribution in [2.45, 2.75) is 12.8 Å². The highest BCUT2D eigenvalue weighted by Crippen LogP contribution is 2.14. The fourth-order valence-corrected chi connectivity index (χ4v) is 1.26. The summed E-state index contributed by atoms with van der Waals surface area (Å²) in [4.78, 5) is 11.5. The van der Waals surface area contributed by atoms with Gasteiger partial charge in [-0.05, 0) is 31.0 Å². The molecule has 1 aromatic carbocycles. The number of aliphatic hydroxyl groups excluding tert-OH is 1. The van der Waals surface area contributed by atoms with Crippen LogP contribution in [0.2, 0.25) is 0 Å². The summed E-state index contributed by atoms with van der Waals surface area (Å²) in [6.45, 7) is 0.386. The SMILES string of the molecule is Nc1cc(N)cc(C(=O)OCCCCO)c1. The molecule has 0 spiro atoms. The summed E-state index contributed by atoms with van der Waals surface area (Å²) in [5.74, 6) is -0.447. The van der Waals surface area contributed by atoms with Gasteiger partial charge in [0.1, 0.15) is 0 Å². The van der Waals surface area contributed by atoms with Gasteiger partial charge < -0.3 is 21.3 Å². The standard InChI is InChI=1S/C11H16N2O3/c12-9-5-8(6-10(13)7-9)11(15)16-4-2-1-3-14/h5-7,14H,1-4,12-13H2. The second-order valence-corrected chi connectivity index (χ2v) is 3.45. The van der Waals surface area contributed by atoms with E-state index in [4.69, 9.17) is 21.3 Å². The van der Waals surface area contributed by atoms with E-state index < -0.39 is 5.97 Å². The summed E-state index contributed by atoms with van der Waals surface area (Å²) < 4.78 is 4.98. The van der Waals surface area contributed by atoms with Crippen LogP contribution in [-0.4, -0.2) is 24.3 Å². The average Bonchev–Trinajstić information content (AvgIpc) is 2.22. The first kappa shape index (κ1) is 12.3. The number of rotatable bonds is 5. The summed E-state index contributed by atoms with van der Waals surface area (Å²) in [5.41, 5.74) is 12.3. The second kappa shape index (κ2) is 5.97. The monoisotopic (exact) mass is 224 g/mol. The van der Waals surface area contributed by atoms with Crippen LogP contribution in [0.5, 0.6) is 0 Å². The Morgan fingerprint density at radius 2 is 1.81 bits per heavy atom. The normalized spacial score (nSPS) is 10.1. The molecule has 0 fully saturated rings. The minimum Gasteiger partial charge on any atom is -0.462 e. The molecule has 0 bridgehead atoms. The number of carbonyl (C=O) groups is 1. The van der Waals surface area contributed by atoms with Crippen LogP contribution in [0.1, 0.15) is 23.2 Å². The van der Waals surface area contributed by atoms with E-state index in [0.717, 1.165) is 0 Å². The van der Waals surface area contributed by atoms with E-state index in [9.17, 15) is 4.79 Å². The van der Waals surface area contributed by atoms with Crippen molar-refractivity contribution in [2.24, 2.45) is 0 Å². The fraction of sp³-hybridized carbons (Fsp3) is 0.364. The van der Waals surface area contributed by atoms with E-state index in [1.165, 1.54) is 12.1 Å². The summed E-state index contributed by atoms with van der Waals surface area (Å²) >= 11 is 0. The molecule has 0 aliphatic rings. The van der Waals surface area contributed by atoms with Crippen LogP contribution in [0.25, 0.3) is 0 Å². The smallest absolute Gasteiger partial charge is 0.338 e. The molecule has 5 nitrogen and oxygen atoms in total. The Labute approximate surface area is 94.0 Å². The van der Waals surface area contributed by atoms with Gasteiger partial charge in [-0.3, -0.25) is 0 Å². The first-order valence-corrected chi connectivity index (χ1v) is 5.07. The number of carbonyl (C=O) groups excluding carboxylic acids is 1. The highest BCUT2D eigenvalue weighted by Gasteiger charge is 2.08. The predicted octanol–water partition coefficient (Wildman–Crippen LogP) is 0.780. The van der Waals surface area contributed by atoms with Crippen molar-refractivity contribution in [3.05, 3.63) is 23.8 Å². The molecule has 0 amide bonds. The Balaban J connectivity index is 2.52. The number of aliphatic hydroxyl groups is 1. The Morgan fingerprint density at radius 3 is 2.38 bits per heavy atom. The van der Waals surface area contributed by atoms with Gasteiger partial charge in [0.15, 0.2) is 0 Å². The van der Waals surface area contributed by atoms with E-state index in [1.807, 2.05) is 0 Å².